The van der Waals surface area contributed by atoms with Crippen LogP contribution in [0.3, 0.4) is 0 Å². The number of hydrogen-bond acceptors (Lipinski definition) is 4. The van der Waals surface area contributed by atoms with E-state index < -0.39 is 23.3 Å². The van der Waals surface area contributed by atoms with E-state index >= 15 is 0 Å². The van der Waals surface area contributed by atoms with Crippen LogP contribution in [0.4, 0.5) is 0 Å². The standard InChI is InChI=1S/C14H17NO5/c1-14(2,3)11(13(17)18)15-12(16)8-5-4-6-9-10(8)20-7-19-9/h4-6,11H,7H2,1-3H3,(H,15,16)(H,17,18). The van der Waals surface area contributed by atoms with Gasteiger partial charge in [-0.15, -0.1) is 0 Å². The maximum atomic E-state index is 12.3. The Morgan fingerprint density at radius 2 is 2.00 bits per heavy atom. The number of carboxylic acids is 1. The average Bonchev–Trinajstić information content (AvgIpc) is 2.81. The SMILES string of the molecule is CC(C)(C)C(NC(=O)c1cccc2c1OCO2)C(=O)O. The molecule has 0 fully saturated rings. The van der Waals surface area contributed by atoms with Crippen molar-refractivity contribution in [1.29, 1.82) is 0 Å². The molecule has 1 aromatic carbocycles. The highest BCUT2D eigenvalue weighted by atomic mass is 16.7. The van der Waals surface area contributed by atoms with Gasteiger partial charge in [0.2, 0.25) is 6.79 Å². The number of carbonyl (C=O) groups excluding carboxylic acids is 1. The van der Waals surface area contributed by atoms with E-state index in [1.54, 1.807) is 39.0 Å². The maximum Gasteiger partial charge on any atom is 0.326 e. The molecule has 6 heteroatoms. The number of benzene rings is 1. The van der Waals surface area contributed by atoms with Crippen LogP contribution in [0.1, 0.15) is 31.1 Å². The minimum atomic E-state index is -1.07. The minimum absolute atomic E-state index is 0.0568. The van der Waals surface area contributed by atoms with Crippen LogP contribution in [0, 0.1) is 5.41 Å². The molecule has 1 aliphatic rings. The third-order valence-electron chi connectivity index (χ3n) is 3.03. The quantitative estimate of drug-likeness (QED) is 0.878. The van der Waals surface area contributed by atoms with Gasteiger partial charge in [0.05, 0.1) is 5.56 Å². The van der Waals surface area contributed by atoms with Crippen molar-refractivity contribution in [3.63, 3.8) is 0 Å². The molecule has 1 amide bonds. The molecule has 1 heterocycles. The summed E-state index contributed by atoms with van der Waals surface area (Å²) in [5.74, 6) is -0.728. The van der Waals surface area contributed by atoms with Crippen LogP contribution < -0.4 is 14.8 Å². The van der Waals surface area contributed by atoms with Gasteiger partial charge < -0.3 is 19.9 Å². The average molecular weight is 279 g/mol. The Labute approximate surface area is 116 Å². The summed E-state index contributed by atoms with van der Waals surface area (Å²) in [6.07, 6.45) is 0. The highest BCUT2D eigenvalue weighted by Crippen LogP contribution is 2.35. The van der Waals surface area contributed by atoms with Crippen LogP contribution in [0.25, 0.3) is 0 Å². The summed E-state index contributed by atoms with van der Waals surface area (Å²) in [5, 5.41) is 11.8. The largest absolute Gasteiger partial charge is 0.480 e. The lowest BCUT2D eigenvalue weighted by Crippen LogP contribution is -2.49. The van der Waals surface area contributed by atoms with Gasteiger partial charge in [0, 0.05) is 0 Å². The molecular weight excluding hydrogens is 262 g/mol. The zero-order valence-electron chi connectivity index (χ0n) is 11.6. The Hall–Kier alpha value is -2.24. The number of fused-ring (bicyclic) bond motifs is 1. The molecule has 2 N–H and O–H groups in total. The number of nitrogens with one attached hydrogen (secondary N) is 1. The second kappa shape index (κ2) is 5.03. The number of carboxylic acid groups (broad SMARTS) is 1. The number of aliphatic carboxylic acids is 1. The summed E-state index contributed by atoms with van der Waals surface area (Å²) in [4.78, 5) is 23.5. The topological polar surface area (TPSA) is 84.9 Å². The van der Waals surface area contributed by atoms with Gasteiger partial charge in [0.25, 0.3) is 5.91 Å². The molecule has 0 saturated heterocycles. The van der Waals surface area contributed by atoms with Crippen molar-refractivity contribution in [1.82, 2.24) is 5.32 Å². The van der Waals surface area contributed by atoms with Gasteiger partial charge in [-0.25, -0.2) is 4.79 Å². The summed E-state index contributed by atoms with van der Waals surface area (Å²) >= 11 is 0. The first-order valence-corrected chi connectivity index (χ1v) is 6.23. The van der Waals surface area contributed by atoms with E-state index in [2.05, 4.69) is 5.32 Å². The fourth-order valence-corrected chi connectivity index (χ4v) is 1.97. The lowest BCUT2D eigenvalue weighted by atomic mass is 9.86. The van der Waals surface area contributed by atoms with Crippen LogP contribution in [0.5, 0.6) is 11.5 Å². The normalized spacial score (nSPS) is 14.8. The molecule has 1 aromatic rings. The fraction of sp³-hybridized carbons (Fsp3) is 0.429. The van der Waals surface area contributed by atoms with E-state index in [-0.39, 0.29) is 12.4 Å². The summed E-state index contributed by atoms with van der Waals surface area (Å²) in [5.41, 5.74) is -0.327. The molecule has 0 aliphatic carbocycles. The third kappa shape index (κ3) is 2.68. The highest BCUT2D eigenvalue weighted by Gasteiger charge is 2.34. The Morgan fingerprint density at radius 1 is 1.30 bits per heavy atom. The molecule has 0 spiro atoms. The summed E-state index contributed by atoms with van der Waals surface area (Å²) in [6.45, 7) is 5.31. The second-order valence-electron chi connectivity index (χ2n) is 5.65. The lowest BCUT2D eigenvalue weighted by molar-refractivity contribution is -0.142. The monoisotopic (exact) mass is 279 g/mol. The van der Waals surface area contributed by atoms with Crippen molar-refractivity contribution >= 4 is 11.9 Å². The molecule has 108 valence electrons. The first kappa shape index (κ1) is 14.2. The molecule has 1 aliphatic heterocycles. The zero-order chi connectivity index (χ0) is 14.9. The predicted octanol–water partition coefficient (Wildman–Crippen LogP) is 1.64. The predicted molar refractivity (Wildman–Crippen MR) is 70.9 cm³/mol. The summed E-state index contributed by atoms with van der Waals surface area (Å²) in [6, 6.07) is 3.94. The van der Waals surface area contributed by atoms with E-state index in [1.165, 1.54) is 0 Å². The molecule has 6 nitrogen and oxygen atoms in total. The number of hydrogen-bond donors (Lipinski definition) is 2. The smallest absolute Gasteiger partial charge is 0.326 e. The Morgan fingerprint density at radius 3 is 2.60 bits per heavy atom. The van der Waals surface area contributed by atoms with Crippen molar-refractivity contribution in [2.75, 3.05) is 6.79 Å². The van der Waals surface area contributed by atoms with Crippen molar-refractivity contribution in [2.45, 2.75) is 26.8 Å². The minimum Gasteiger partial charge on any atom is -0.480 e. The van der Waals surface area contributed by atoms with Crippen molar-refractivity contribution in [3.05, 3.63) is 23.8 Å². The van der Waals surface area contributed by atoms with Crippen LogP contribution in [0.15, 0.2) is 18.2 Å². The first-order valence-electron chi connectivity index (χ1n) is 6.23. The second-order valence-corrected chi connectivity index (χ2v) is 5.65. The van der Waals surface area contributed by atoms with Crippen LogP contribution in [0.2, 0.25) is 0 Å². The zero-order valence-corrected chi connectivity index (χ0v) is 11.6. The molecule has 2 rings (SSSR count). The summed E-state index contributed by atoms with van der Waals surface area (Å²) in [7, 11) is 0. The Bertz CT molecular complexity index is 547. The van der Waals surface area contributed by atoms with Gasteiger partial charge in [0.15, 0.2) is 11.5 Å². The van der Waals surface area contributed by atoms with Crippen molar-refractivity contribution in [3.8, 4) is 11.5 Å². The van der Waals surface area contributed by atoms with Gasteiger partial charge in [0.1, 0.15) is 6.04 Å². The van der Waals surface area contributed by atoms with Crippen molar-refractivity contribution < 1.29 is 24.2 Å². The molecule has 0 bridgehead atoms. The fourth-order valence-electron chi connectivity index (χ4n) is 1.97. The number of rotatable bonds is 3. The Balaban J connectivity index is 2.25. The van der Waals surface area contributed by atoms with E-state index in [4.69, 9.17) is 9.47 Å². The molecule has 0 radical (unpaired) electrons. The van der Waals surface area contributed by atoms with Gasteiger partial charge >= 0.3 is 5.97 Å². The van der Waals surface area contributed by atoms with E-state index in [0.717, 1.165) is 0 Å². The number of amides is 1. The maximum absolute atomic E-state index is 12.3. The third-order valence-corrected chi connectivity index (χ3v) is 3.03. The molecular formula is C14H17NO5. The van der Waals surface area contributed by atoms with E-state index in [0.29, 0.717) is 11.5 Å². The van der Waals surface area contributed by atoms with Gasteiger partial charge in [-0.05, 0) is 17.5 Å². The first-order chi connectivity index (χ1) is 9.30. The van der Waals surface area contributed by atoms with Crippen LogP contribution in [-0.2, 0) is 4.79 Å². The van der Waals surface area contributed by atoms with E-state index in [9.17, 15) is 14.7 Å². The molecule has 1 atom stereocenters. The lowest BCUT2D eigenvalue weighted by Gasteiger charge is -2.27. The Kier molecular flexibility index (Phi) is 3.57. The van der Waals surface area contributed by atoms with E-state index in [1.807, 2.05) is 0 Å². The van der Waals surface area contributed by atoms with Crippen molar-refractivity contribution in [2.24, 2.45) is 5.41 Å². The number of carbonyl (C=O) groups is 2. The van der Waals surface area contributed by atoms with Gasteiger partial charge in [-0.1, -0.05) is 26.8 Å². The van der Waals surface area contributed by atoms with Gasteiger partial charge in [-0.2, -0.15) is 0 Å². The van der Waals surface area contributed by atoms with Gasteiger partial charge in [-0.3, -0.25) is 4.79 Å². The molecule has 0 aromatic heterocycles. The van der Waals surface area contributed by atoms with Crippen LogP contribution in [-0.4, -0.2) is 29.8 Å². The highest BCUT2D eigenvalue weighted by molar-refractivity contribution is 5.99. The molecule has 0 saturated carbocycles. The molecule has 20 heavy (non-hydrogen) atoms. The summed E-state index contributed by atoms with van der Waals surface area (Å²) < 4.78 is 10.4. The number of para-hydroxylation sites is 1. The number of ether oxygens (including phenoxy) is 2. The molecule has 1 unspecified atom stereocenters. The van der Waals surface area contributed by atoms with Crippen LogP contribution >= 0.6 is 0 Å².